The Bertz CT molecular complexity index is 581. The zero-order chi connectivity index (χ0) is 14.5. The SMILES string of the molecule is CC(C)c1cc(C(=O)NCCc2ncc[nH]2)cc(Cl)n1. The van der Waals surface area contributed by atoms with E-state index in [0.717, 1.165) is 11.5 Å². The average Bonchev–Trinajstić information content (AvgIpc) is 2.91. The van der Waals surface area contributed by atoms with Crippen LogP contribution in [0.4, 0.5) is 0 Å². The molecule has 0 bridgehead atoms. The Kier molecular flexibility index (Phi) is 4.74. The largest absolute Gasteiger partial charge is 0.352 e. The van der Waals surface area contributed by atoms with Crippen molar-refractivity contribution in [3.8, 4) is 0 Å². The van der Waals surface area contributed by atoms with Gasteiger partial charge in [0.15, 0.2) is 0 Å². The third kappa shape index (κ3) is 3.81. The maximum Gasteiger partial charge on any atom is 0.251 e. The van der Waals surface area contributed by atoms with Crippen LogP contribution < -0.4 is 5.32 Å². The number of imidazole rings is 1. The molecule has 2 heterocycles. The van der Waals surface area contributed by atoms with E-state index in [2.05, 4.69) is 20.3 Å². The van der Waals surface area contributed by atoms with Gasteiger partial charge in [-0.1, -0.05) is 25.4 Å². The minimum absolute atomic E-state index is 0.150. The highest BCUT2D eigenvalue weighted by molar-refractivity contribution is 6.29. The number of H-pyrrole nitrogens is 1. The Balaban J connectivity index is 1.98. The van der Waals surface area contributed by atoms with Gasteiger partial charge >= 0.3 is 0 Å². The van der Waals surface area contributed by atoms with Gasteiger partial charge in [0.1, 0.15) is 11.0 Å². The first-order chi connectivity index (χ1) is 9.56. The van der Waals surface area contributed by atoms with Crippen molar-refractivity contribution >= 4 is 17.5 Å². The molecule has 0 saturated heterocycles. The molecule has 0 saturated carbocycles. The van der Waals surface area contributed by atoms with E-state index in [4.69, 9.17) is 11.6 Å². The Hall–Kier alpha value is -1.88. The second-order valence-electron chi connectivity index (χ2n) is 4.80. The van der Waals surface area contributed by atoms with E-state index in [1.165, 1.54) is 0 Å². The molecule has 0 fully saturated rings. The molecule has 0 atom stereocenters. The quantitative estimate of drug-likeness (QED) is 0.832. The van der Waals surface area contributed by atoms with Crippen LogP contribution in [-0.2, 0) is 6.42 Å². The minimum Gasteiger partial charge on any atom is -0.352 e. The van der Waals surface area contributed by atoms with E-state index >= 15 is 0 Å². The molecule has 0 unspecified atom stereocenters. The fraction of sp³-hybridized carbons (Fsp3) is 0.357. The number of hydrogen-bond acceptors (Lipinski definition) is 3. The minimum atomic E-state index is -0.150. The molecule has 106 valence electrons. The van der Waals surface area contributed by atoms with Crippen LogP contribution in [-0.4, -0.2) is 27.4 Å². The van der Waals surface area contributed by atoms with Crippen LogP contribution in [0.1, 0.15) is 41.6 Å². The van der Waals surface area contributed by atoms with Gasteiger partial charge in [-0.05, 0) is 18.1 Å². The van der Waals surface area contributed by atoms with Crippen LogP contribution >= 0.6 is 11.6 Å². The summed E-state index contributed by atoms with van der Waals surface area (Å²) in [6, 6.07) is 3.36. The Morgan fingerprint density at radius 1 is 1.45 bits per heavy atom. The molecule has 2 rings (SSSR count). The van der Waals surface area contributed by atoms with Gasteiger partial charge in [-0.15, -0.1) is 0 Å². The molecule has 2 N–H and O–H groups in total. The van der Waals surface area contributed by atoms with Gasteiger partial charge in [0.2, 0.25) is 0 Å². The van der Waals surface area contributed by atoms with Crippen LogP contribution in [0, 0.1) is 0 Å². The fourth-order valence-electron chi connectivity index (χ4n) is 1.78. The Morgan fingerprint density at radius 3 is 2.90 bits per heavy atom. The van der Waals surface area contributed by atoms with Crippen LogP contribution in [0.25, 0.3) is 0 Å². The lowest BCUT2D eigenvalue weighted by molar-refractivity contribution is 0.0954. The van der Waals surface area contributed by atoms with Gasteiger partial charge in [0.05, 0.1) is 0 Å². The third-order valence-electron chi connectivity index (χ3n) is 2.87. The molecule has 0 spiro atoms. The summed E-state index contributed by atoms with van der Waals surface area (Å²) in [6.07, 6.45) is 4.11. The van der Waals surface area contributed by atoms with E-state index < -0.39 is 0 Å². The second kappa shape index (κ2) is 6.52. The molecular formula is C14H17ClN4O. The molecule has 0 aromatic carbocycles. The van der Waals surface area contributed by atoms with E-state index in [1.54, 1.807) is 24.5 Å². The van der Waals surface area contributed by atoms with E-state index in [1.807, 2.05) is 13.8 Å². The average molecular weight is 293 g/mol. The molecule has 0 aliphatic carbocycles. The van der Waals surface area contributed by atoms with Crippen molar-refractivity contribution in [3.05, 3.63) is 46.8 Å². The smallest absolute Gasteiger partial charge is 0.251 e. The lowest BCUT2D eigenvalue weighted by Crippen LogP contribution is -2.26. The van der Waals surface area contributed by atoms with Crippen molar-refractivity contribution in [2.75, 3.05) is 6.54 Å². The standard InChI is InChI=1S/C14H17ClN4O/c1-9(2)11-7-10(8-12(15)19-11)14(20)18-4-3-13-16-5-6-17-13/h5-9H,3-4H2,1-2H3,(H,16,17)(H,18,20). The second-order valence-corrected chi connectivity index (χ2v) is 5.19. The number of aromatic nitrogens is 3. The monoisotopic (exact) mass is 292 g/mol. The molecule has 0 aliphatic rings. The number of pyridine rings is 1. The lowest BCUT2D eigenvalue weighted by Gasteiger charge is -2.09. The first kappa shape index (κ1) is 14.5. The third-order valence-corrected chi connectivity index (χ3v) is 3.06. The molecule has 0 aliphatic heterocycles. The summed E-state index contributed by atoms with van der Waals surface area (Å²) in [4.78, 5) is 23.4. The number of nitrogens with zero attached hydrogens (tertiary/aromatic N) is 2. The molecule has 5 nitrogen and oxygen atoms in total. The Labute approximate surface area is 122 Å². The van der Waals surface area contributed by atoms with Crippen molar-refractivity contribution in [2.24, 2.45) is 0 Å². The van der Waals surface area contributed by atoms with E-state index in [-0.39, 0.29) is 11.8 Å². The maximum atomic E-state index is 12.1. The van der Waals surface area contributed by atoms with E-state index in [0.29, 0.717) is 23.7 Å². The maximum absolute atomic E-state index is 12.1. The number of halogens is 1. The predicted octanol–water partition coefficient (Wildman–Crippen LogP) is 2.55. The highest BCUT2D eigenvalue weighted by atomic mass is 35.5. The van der Waals surface area contributed by atoms with Gasteiger partial charge in [-0.25, -0.2) is 9.97 Å². The zero-order valence-corrected chi connectivity index (χ0v) is 12.2. The molecule has 2 aromatic heterocycles. The number of carbonyl (C=O) groups is 1. The van der Waals surface area contributed by atoms with Crippen molar-refractivity contribution in [3.63, 3.8) is 0 Å². The normalized spacial score (nSPS) is 10.8. The lowest BCUT2D eigenvalue weighted by atomic mass is 10.1. The van der Waals surface area contributed by atoms with Gasteiger partial charge < -0.3 is 10.3 Å². The molecule has 0 radical (unpaired) electrons. The summed E-state index contributed by atoms with van der Waals surface area (Å²) >= 11 is 5.95. The number of nitrogens with one attached hydrogen (secondary N) is 2. The number of amides is 1. The number of hydrogen-bond donors (Lipinski definition) is 2. The molecule has 2 aromatic rings. The molecule has 20 heavy (non-hydrogen) atoms. The first-order valence-electron chi connectivity index (χ1n) is 6.50. The van der Waals surface area contributed by atoms with E-state index in [9.17, 15) is 4.79 Å². The zero-order valence-electron chi connectivity index (χ0n) is 11.5. The van der Waals surface area contributed by atoms with Crippen LogP contribution in [0.15, 0.2) is 24.5 Å². The van der Waals surface area contributed by atoms with Crippen LogP contribution in [0.5, 0.6) is 0 Å². The number of carbonyl (C=O) groups excluding carboxylic acids is 1. The van der Waals surface area contributed by atoms with Gasteiger partial charge in [0, 0.05) is 36.6 Å². The van der Waals surface area contributed by atoms with Gasteiger partial charge in [-0.3, -0.25) is 4.79 Å². The van der Waals surface area contributed by atoms with Crippen molar-refractivity contribution in [1.29, 1.82) is 0 Å². The summed E-state index contributed by atoms with van der Waals surface area (Å²) in [5, 5.41) is 3.19. The molecule has 6 heteroatoms. The van der Waals surface area contributed by atoms with Crippen LogP contribution in [0.2, 0.25) is 5.15 Å². The fourth-order valence-corrected chi connectivity index (χ4v) is 1.99. The molecule has 1 amide bonds. The summed E-state index contributed by atoms with van der Waals surface area (Å²) in [5.41, 5.74) is 1.35. The Morgan fingerprint density at radius 2 is 2.25 bits per heavy atom. The predicted molar refractivity (Wildman–Crippen MR) is 78.0 cm³/mol. The summed E-state index contributed by atoms with van der Waals surface area (Å²) in [6.45, 7) is 4.54. The van der Waals surface area contributed by atoms with Gasteiger partial charge in [0.25, 0.3) is 5.91 Å². The topological polar surface area (TPSA) is 70.7 Å². The highest BCUT2D eigenvalue weighted by Gasteiger charge is 2.11. The van der Waals surface area contributed by atoms with Crippen molar-refractivity contribution in [1.82, 2.24) is 20.3 Å². The summed E-state index contributed by atoms with van der Waals surface area (Å²) < 4.78 is 0. The highest BCUT2D eigenvalue weighted by Crippen LogP contribution is 2.17. The number of aromatic amines is 1. The first-order valence-corrected chi connectivity index (χ1v) is 6.88. The summed E-state index contributed by atoms with van der Waals surface area (Å²) in [7, 11) is 0. The van der Waals surface area contributed by atoms with Crippen molar-refractivity contribution in [2.45, 2.75) is 26.2 Å². The van der Waals surface area contributed by atoms with Crippen LogP contribution in [0.3, 0.4) is 0 Å². The number of rotatable bonds is 5. The van der Waals surface area contributed by atoms with Crippen molar-refractivity contribution < 1.29 is 4.79 Å². The van der Waals surface area contributed by atoms with Gasteiger partial charge in [-0.2, -0.15) is 0 Å². The molecular weight excluding hydrogens is 276 g/mol. The summed E-state index contributed by atoms with van der Waals surface area (Å²) in [5.74, 6) is 0.923.